The lowest BCUT2D eigenvalue weighted by Crippen LogP contribution is -2.37. The lowest BCUT2D eigenvalue weighted by atomic mass is 10.1. The zero-order valence-electron chi connectivity index (χ0n) is 17.2. The van der Waals surface area contributed by atoms with Crippen molar-refractivity contribution >= 4 is 52.1 Å². The van der Waals surface area contributed by atoms with Crippen molar-refractivity contribution in [2.45, 2.75) is 19.0 Å². The lowest BCUT2D eigenvalue weighted by molar-refractivity contribution is -0.124. The average molecular weight is 486 g/mol. The Hall–Kier alpha value is -3.36. The van der Waals surface area contributed by atoms with Crippen molar-refractivity contribution < 1.29 is 18.4 Å². The van der Waals surface area contributed by atoms with Crippen molar-refractivity contribution in [3.05, 3.63) is 95.0 Å². The van der Waals surface area contributed by atoms with Gasteiger partial charge in [0.15, 0.2) is 5.11 Å². The van der Waals surface area contributed by atoms with Crippen LogP contribution in [0.2, 0.25) is 5.02 Å². The quantitative estimate of drug-likeness (QED) is 0.491. The first-order valence-corrected chi connectivity index (χ1v) is 10.8. The Morgan fingerprint density at radius 2 is 1.52 bits per heavy atom. The first kappa shape index (κ1) is 22.8. The Morgan fingerprint density at radius 1 is 0.939 bits per heavy atom. The molecule has 0 radical (unpaired) electrons. The fourth-order valence-corrected chi connectivity index (χ4v) is 4.06. The Bertz CT molecular complexity index is 1190. The van der Waals surface area contributed by atoms with Crippen molar-refractivity contribution in [1.82, 2.24) is 4.90 Å². The number of thiocarbonyl (C=S) groups is 1. The maximum atomic E-state index is 13.4. The Morgan fingerprint density at radius 3 is 2.12 bits per heavy atom. The molecule has 0 aromatic heterocycles. The van der Waals surface area contributed by atoms with Gasteiger partial charge in [0.1, 0.15) is 17.7 Å². The van der Waals surface area contributed by atoms with E-state index in [1.807, 2.05) is 0 Å². The van der Waals surface area contributed by atoms with Gasteiger partial charge in [-0.05, 0) is 78.4 Å². The second-order valence-electron chi connectivity index (χ2n) is 7.46. The zero-order chi connectivity index (χ0) is 23.5. The molecular formula is C24H18ClF2N3O2S. The molecule has 0 unspecified atom stereocenters. The molecule has 1 aliphatic heterocycles. The van der Waals surface area contributed by atoms with E-state index >= 15 is 0 Å². The standard InChI is InChI=1S/C24H18ClF2N3O2S/c25-16-3-9-19(10-4-16)28-22(31)13-21-23(32)30(20-11-7-18(27)8-12-20)24(33)29(21)14-15-1-5-17(26)6-2-15/h1-12,21H,13-14H2,(H,28,31)/t21-/m1/s1. The van der Waals surface area contributed by atoms with Crippen LogP contribution in [0.1, 0.15) is 12.0 Å². The number of halogens is 3. The predicted molar refractivity (Wildman–Crippen MR) is 127 cm³/mol. The molecule has 1 aliphatic rings. The third kappa shape index (κ3) is 5.18. The molecule has 168 valence electrons. The molecule has 0 saturated carbocycles. The number of amides is 2. The number of carbonyl (C=O) groups is 2. The molecule has 1 atom stereocenters. The van der Waals surface area contributed by atoms with Crippen LogP contribution in [0.3, 0.4) is 0 Å². The first-order valence-electron chi connectivity index (χ1n) is 10.0. The maximum Gasteiger partial charge on any atom is 0.256 e. The molecule has 33 heavy (non-hydrogen) atoms. The highest BCUT2D eigenvalue weighted by atomic mass is 35.5. The third-order valence-corrected chi connectivity index (χ3v) is 5.85. The van der Waals surface area contributed by atoms with Crippen molar-refractivity contribution in [3.8, 4) is 0 Å². The molecule has 1 N–H and O–H groups in total. The summed E-state index contributed by atoms with van der Waals surface area (Å²) in [5.41, 5.74) is 1.66. The number of nitrogens with zero attached hydrogens (tertiary/aromatic N) is 2. The van der Waals surface area contributed by atoms with Crippen LogP contribution in [0.15, 0.2) is 72.8 Å². The molecule has 3 aromatic carbocycles. The number of nitrogens with one attached hydrogen (secondary N) is 1. The van der Waals surface area contributed by atoms with Crippen LogP contribution in [0.25, 0.3) is 0 Å². The van der Waals surface area contributed by atoms with Gasteiger partial charge in [-0.2, -0.15) is 0 Å². The number of rotatable bonds is 6. The van der Waals surface area contributed by atoms with Gasteiger partial charge in [0.05, 0.1) is 12.1 Å². The maximum absolute atomic E-state index is 13.4. The summed E-state index contributed by atoms with van der Waals surface area (Å²) in [7, 11) is 0. The highest BCUT2D eigenvalue weighted by Gasteiger charge is 2.44. The van der Waals surface area contributed by atoms with Crippen molar-refractivity contribution in [3.63, 3.8) is 0 Å². The van der Waals surface area contributed by atoms with Crippen LogP contribution in [-0.2, 0) is 16.1 Å². The van der Waals surface area contributed by atoms with Gasteiger partial charge < -0.3 is 10.2 Å². The SMILES string of the molecule is O=C(C[C@@H]1C(=O)N(c2ccc(F)cc2)C(=S)N1Cc1ccc(F)cc1)Nc1ccc(Cl)cc1. The average Bonchev–Trinajstić information content (AvgIpc) is 3.01. The summed E-state index contributed by atoms with van der Waals surface area (Å²) in [6.45, 7) is 0.196. The van der Waals surface area contributed by atoms with Gasteiger partial charge in [-0.3, -0.25) is 14.5 Å². The molecule has 1 heterocycles. The minimum atomic E-state index is -0.889. The molecule has 0 bridgehead atoms. The number of hydrogen-bond acceptors (Lipinski definition) is 3. The topological polar surface area (TPSA) is 52.7 Å². The van der Waals surface area contributed by atoms with E-state index in [4.69, 9.17) is 23.8 Å². The molecular weight excluding hydrogens is 468 g/mol. The van der Waals surface area contributed by atoms with Crippen LogP contribution in [0.4, 0.5) is 20.2 Å². The van der Waals surface area contributed by atoms with Crippen LogP contribution in [-0.4, -0.2) is 27.9 Å². The van der Waals surface area contributed by atoms with E-state index in [1.54, 1.807) is 41.3 Å². The Labute approximate surface area is 199 Å². The van der Waals surface area contributed by atoms with Gasteiger partial charge >= 0.3 is 0 Å². The summed E-state index contributed by atoms with van der Waals surface area (Å²) in [6, 6.07) is 16.9. The van der Waals surface area contributed by atoms with Gasteiger partial charge in [-0.25, -0.2) is 8.78 Å². The lowest BCUT2D eigenvalue weighted by Gasteiger charge is -2.24. The molecule has 9 heteroatoms. The van der Waals surface area contributed by atoms with Gasteiger partial charge in [0.25, 0.3) is 5.91 Å². The molecule has 1 saturated heterocycles. The minimum absolute atomic E-state index is 0.166. The van der Waals surface area contributed by atoms with Crippen molar-refractivity contribution in [1.29, 1.82) is 0 Å². The molecule has 2 amide bonds. The second-order valence-corrected chi connectivity index (χ2v) is 8.26. The van der Waals surface area contributed by atoms with Gasteiger partial charge in [0.2, 0.25) is 5.91 Å². The molecule has 0 spiro atoms. The predicted octanol–water partition coefficient (Wildman–Crippen LogP) is 5.15. The fraction of sp³-hybridized carbons (Fsp3) is 0.125. The molecule has 4 rings (SSSR count). The van der Waals surface area contributed by atoms with E-state index < -0.39 is 17.8 Å². The summed E-state index contributed by atoms with van der Waals surface area (Å²) in [6.07, 6.45) is -0.166. The molecule has 3 aromatic rings. The Balaban J connectivity index is 1.59. The van der Waals surface area contributed by atoms with Crippen LogP contribution >= 0.6 is 23.8 Å². The normalized spacial score (nSPS) is 15.8. The third-order valence-electron chi connectivity index (χ3n) is 5.18. The van der Waals surface area contributed by atoms with Crippen molar-refractivity contribution in [2.24, 2.45) is 0 Å². The van der Waals surface area contributed by atoms with Gasteiger partial charge in [0, 0.05) is 17.3 Å². The number of anilines is 2. The van der Waals surface area contributed by atoms with Gasteiger partial charge in [-0.1, -0.05) is 23.7 Å². The summed E-state index contributed by atoms with van der Waals surface area (Å²) in [5, 5.41) is 3.46. The van der Waals surface area contributed by atoms with Gasteiger partial charge in [-0.15, -0.1) is 0 Å². The summed E-state index contributed by atoms with van der Waals surface area (Å²) < 4.78 is 26.7. The van der Waals surface area contributed by atoms with Crippen molar-refractivity contribution in [2.75, 3.05) is 10.2 Å². The van der Waals surface area contributed by atoms with Crippen LogP contribution in [0.5, 0.6) is 0 Å². The number of benzene rings is 3. The van der Waals surface area contributed by atoms with Crippen LogP contribution in [0, 0.1) is 11.6 Å². The smallest absolute Gasteiger partial charge is 0.256 e. The molecule has 0 aliphatic carbocycles. The van der Waals surface area contributed by atoms with Crippen LogP contribution < -0.4 is 10.2 Å². The number of carbonyl (C=O) groups excluding carboxylic acids is 2. The fourth-order valence-electron chi connectivity index (χ4n) is 3.55. The Kier molecular flexibility index (Phi) is 6.67. The van der Waals surface area contributed by atoms with E-state index in [9.17, 15) is 18.4 Å². The summed E-state index contributed by atoms with van der Waals surface area (Å²) in [5.74, 6) is -1.62. The van der Waals surface area contributed by atoms with E-state index in [-0.39, 0.29) is 29.8 Å². The van der Waals surface area contributed by atoms with E-state index in [0.717, 1.165) is 5.56 Å². The highest BCUT2D eigenvalue weighted by Crippen LogP contribution is 2.29. The summed E-state index contributed by atoms with van der Waals surface area (Å²) >= 11 is 11.4. The first-order chi connectivity index (χ1) is 15.8. The van der Waals surface area contributed by atoms with E-state index in [1.165, 1.54) is 41.3 Å². The largest absolute Gasteiger partial charge is 0.332 e. The summed E-state index contributed by atoms with van der Waals surface area (Å²) in [4.78, 5) is 29.0. The molecule has 5 nitrogen and oxygen atoms in total. The van der Waals surface area contributed by atoms with E-state index in [0.29, 0.717) is 16.4 Å². The monoisotopic (exact) mass is 485 g/mol. The number of hydrogen-bond donors (Lipinski definition) is 1. The second kappa shape index (κ2) is 9.64. The van der Waals surface area contributed by atoms with E-state index in [2.05, 4.69) is 5.32 Å². The zero-order valence-corrected chi connectivity index (χ0v) is 18.7. The highest BCUT2D eigenvalue weighted by molar-refractivity contribution is 7.80. The molecule has 1 fully saturated rings. The minimum Gasteiger partial charge on any atom is -0.332 e.